The van der Waals surface area contributed by atoms with Gasteiger partial charge in [-0.1, -0.05) is 18.2 Å². The fourth-order valence-electron chi connectivity index (χ4n) is 2.24. The van der Waals surface area contributed by atoms with Gasteiger partial charge in [-0.2, -0.15) is 0 Å². The second-order valence-corrected chi connectivity index (χ2v) is 4.94. The van der Waals surface area contributed by atoms with Crippen molar-refractivity contribution >= 4 is 17.6 Å². The van der Waals surface area contributed by atoms with Gasteiger partial charge in [0.25, 0.3) is 0 Å². The number of ether oxygens (including phenoxy) is 2. The summed E-state index contributed by atoms with van der Waals surface area (Å²) < 4.78 is 10.6. The number of hydrogen-bond acceptors (Lipinski definition) is 4. The first-order valence-electron chi connectivity index (χ1n) is 7.02. The SMILES string of the molecule is O=C1CCc2cc(OCC(=O)Oc3ccccc3)ccc2N1. The fraction of sp³-hybridized carbons (Fsp3) is 0.176. The van der Waals surface area contributed by atoms with Crippen molar-refractivity contribution in [3.05, 3.63) is 54.1 Å². The fourth-order valence-corrected chi connectivity index (χ4v) is 2.24. The number of rotatable bonds is 4. The molecule has 5 heteroatoms. The number of benzene rings is 2. The Hall–Kier alpha value is -2.82. The van der Waals surface area contributed by atoms with Crippen LogP contribution in [0.1, 0.15) is 12.0 Å². The maximum atomic E-state index is 11.7. The molecule has 0 aliphatic carbocycles. The van der Waals surface area contributed by atoms with E-state index in [1.807, 2.05) is 12.1 Å². The molecule has 0 saturated carbocycles. The molecule has 0 bridgehead atoms. The number of fused-ring (bicyclic) bond motifs is 1. The largest absolute Gasteiger partial charge is 0.482 e. The summed E-state index contributed by atoms with van der Waals surface area (Å²) in [5.74, 6) is 0.633. The normalized spacial score (nSPS) is 13.0. The second-order valence-electron chi connectivity index (χ2n) is 4.94. The van der Waals surface area contributed by atoms with Gasteiger partial charge in [0.15, 0.2) is 6.61 Å². The number of hydrogen-bond donors (Lipinski definition) is 1. The molecule has 1 amide bonds. The highest BCUT2D eigenvalue weighted by Gasteiger charge is 2.15. The Morgan fingerprint density at radius 1 is 1.05 bits per heavy atom. The molecule has 1 aliphatic rings. The molecule has 0 radical (unpaired) electrons. The molecule has 0 aromatic heterocycles. The third kappa shape index (κ3) is 3.44. The maximum Gasteiger partial charge on any atom is 0.349 e. The van der Waals surface area contributed by atoms with Gasteiger partial charge in [-0.25, -0.2) is 4.79 Å². The zero-order valence-electron chi connectivity index (χ0n) is 11.9. The molecule has 0 spiro atoms. The Kier molecular flexibility index (Phi) is 4.05. The highest BCUT2D eigenvalue weighted by atomic mass is 16.6. The topological polar surface area (TPSA) is 64.6 Å². The van der Waals surface area contributed by atoms with E-state index in [2.05, 4.69) is 5.32 Å². The summed E-state index contributed by atoms with van der Waals surface area (Å²) in [6.45, 7) is -0.167. The summed E-state index contributed by atoms with van der Waals surface area (Å²) in [4.78, 5) is 23.0. The summed E-state index contributed by atoms with van der Waals surface area (Å²) in [6, 6.07) is 14.2. The number of nitrogens with one attached hydrogen (secondary N) is 1. The van der Waals surface area contributed by atoms with E-state index in [-0.39, 0.29) is 12.5 Å². The molecular weight excluding hydrogens is 282 g/mol. The van der Waals surface area contributed by atoms with Crippen LogP contribution in [0.15, 0.2) is 48.5 Å². The molecule has 0 saturated heterocycles. The van der Waals surface area contributed by atoms with E-state index in [0.29, 0.717) is 24.3 Å². The first-order chi connectivity index (χ1) is 10.7. The van der Waals surface area contributed by atoms with E-state index in [1.165, 1.54) is 0 Å². The standard InChI is InChI=1S/C17H15NO4/c19-16-9-6-12-10-14(7-8-15(12)18-16)21-11-17(20)22-13-4-2-1-3-5-13/h1-5,7-8,10H,6,9,11H2,(H,18,19). The Morgan fingerprint density at radius 2 is 1.86 bits per heavy atom. The molecule has 1 heterocycles. The predicted octanol–water partition coefficient (Wildman–Crippen LogP) is 2.56. The second kappa shape index (κ2) is 6.30. The molecule has 0 unspecified atom stereocenters. The van der Waals surface area contributed by atoms with Crippen molar-refractivity contribution in [3.63, 3.8) is 0 Å². The van der Waals surface area contributed by atoms with Gasteiger partial charge < -0.3 is 14.8 Å². The van der Waals surface area contributed by atoms with Crippen LogP contribution in [0.5, 0.6) is 11.5 Å². The number of para-hydroxylation sites is 1. The lowest BCUT2D eigenvalue weighted by molar-refractivity contribution is -0.136. The number of amides is 1. The quantitative estimate of drug-likeness (QED) is 0.696. The average molecular weight is 297 g/mol. The van der Waals surface area contributed by atoms with Crippen LogP contribution in [-0.2, 0) is 16.0 Å². The van der Waals surface area contributed by atoms with Crippen LogP contribution in [0.4, 0.5) is 5.69 Å². The Bertz CT molecular complexity index is 697. The Morgan fingerprint density at radius 3 is 2.68 bits per heavy atom. The molecule has 1 aliphatic heterocycles. The van der Waals surface area contributed by atoms with Gasteiger partial charge in [0, 0.05) is 12.1 Å². The highest BCUT2D eigenvalue weighted by Crippen LogP contribution is 2.26. The van der Waals surface area contributed by atoms with Gasteiger partial charge in [-0.3, -0.25) is 4.79 Å². The van der Waals surface area contributed by atoms with Gasteiger partial charge >= 0.3 is 5.97 Å². The van der Waals surface area contributed by atoms with Crippen molar-refractivity contribution in [2.45, 2.75) is 12.8 Å². The van der Waals surface area contributed by atoms with E-state index in [4.69, 9.17) is 9.47 Å². The zero-order chi connectivity index (χ0) is 15.4. The zero-order valence-corrected chi connectivity index (χ0v) is 11.9. The summed E-state index contributed by atoms with van der Waals surface area (Å²) in [6.07, 6.45) is 1.14. The van der Waals surface area contributed by atoms with Crippen molar-refractivity contribution in [3.8, 4) is 11.5 Å². The number of anilines is 1. The Balaban J connectivity index is 1.57. The van der Waals surface area contributed by atoms with Crippen LogP contribution >= 0.6 is 0 Å². The molecule has 3 rings (SSSR count). The highest BCUT2D eigenvalue weighted by molar-refractivity contribution is 5.94. The molecule has 22 heavy (non-hydrogen) atoms. The summed E-state index contributed by atoms with van der Waals surface area (Å²) in [7, 11) is 0. The van der Waals surface area contributed by atoms with E-state index in [0.717, 1.165) is 11.3 Å². The van der Waals surface area contributed by atoms with Crippen LogP contribution in [0.25, 0.3) is 0 Å². The minimum atomic E-state index is -0.461. The minimum Gasteiger partial charge on any atom is -0.482 e. The molecule has 2 aromatic carbocycles. The molecule has 112 valence electrons. The summed E-state index contributed by atoms with van der Waals surface area (Å²) >= 11 is 0. The van der Waals surface area contributed by atoms with E-state index >= 15 is 0 Å². The first-order valence-corrected chi connectivity index (χ1v) is 7.02. The third-order valence-electron chi connectivity index (χ3n) is 3.30. The lowest BCUT2D eigenvalue weighted by atomic mass is 10.0. The van der Waals surface area contributed by atoms with Gasteiger partial charge in [-0.05, 0) is 42.3 Å². The van der Waals surface area contributed by atoms with Crippen molar-refractivity contribution in [1.29, 1.82) is 0 Å². The summed E-state index contributed by atoms with van der Waals surface area (Å²) in [5.41, 5.74) is 1.81. The van der Waals surface area contributed by atoms with Gasteiger partial charge in [0.2, 0.25) is 5.91 Å². The molecule has 0 fully saturated rings. The predicted molar refractivity (Wildman–Crippen MR) is 81.0 cm³/mol. The van der Waals surface area contributed by atoms with E-state index in [9.17, 15) is 9.59 Å². The van der Waals surface area contributed by atoms with Crippen LogP contribution in [0.2, 0.25) is 0 Å². The third-order valence-corrected chi connectivity index (χ3v) is 3.30. The van der Waals surface area contributed by atoms with Crippen LogP contribution < -0.4 is 14.8 Å². The van der Waals surface area contributed by atoms with Crippen LogP contribution in [-0.4, -0.2) is 18.5 Å². The van der Waals surface area contributed by atoms with E-state index < -0.39 is 5.97 Å². The van der Waals surface area contributed by atoms with E-state index in [1.54, 1.807) is 36.4 Å². The van der Waals surface area contributed by atoms with Crippen molar-refractivity contribution in [2.24, 2.45) is 0 Å². The average Bonchev–Trinajstić information content (AvgIpc) is 2.54. The molecule has 5 nitrogen and oxygen atoms in total. The van der Waals surface area contributed by atoms with Crippen LogP contribution in [0, 0.1) is 0 Å². The molecule has 2 aromatic rings. The molecule has 1 N–H and O–H groups in total. The number of aryl methyl sites for hydroxylation is 1. The molecular formula is C17H15NO4. The smallest absolute Gasteiger partial charge is 0.349 e. The summed E-state index contributed by atoms with van der Waals surface area (Å²) in [5, 5.41) is 2.80. The minimum absolute atomic E-state index is 0.0209. The monoisotopic (exact) mass is 297 g/mol. The Labute approximate surface area is 127 Å². The number of carbonyl (C=O) groups excluding carboxylic acids is 2. The lowest BCUT2D eigenvalue weighted by Crippen LogP contribution is -2.20. The van der Waals surface area contributed by atoms with Crippen molar-refractivity contribution in [1.82, 2.24) is 0 Å². The first kappa shape index (κ1) is 14.1. The van der Waals surface area contributed by atoms with Gasteiger partial charge in [0.1, 0.15) is 11.5 Å². The van der Waals surface area contributed by atoms with Crippen molar-refractivity contribution < 1.29 is 19.1 Å². The maximum absolute atomic E-state index is 11.7. The van der Waals surface area contributed by atoms with Gasteiger partial charge in [0.05, 0.1) is 0 Å². The van der Waals surface area contributed by atoms with Gasteiger partial charge in [-0.15, -0.1) is 0 Å². The number of carbonyl (C=O) groups is 2. The molecule has 0 atom stereocenters. The lowest BCUT2D eigenvalue weighted by Gasteiger charge is -2.17. The van der Waals surface area contributed by atoms with Crippen LogP contribution in [0.3, 0.4) is 0 Å². The number of esters is 1. The van der Waals surface area contributed by atoms with Crippen molar-refractivity contribution in [2.75, 3.05) is 11.9 Å².